The highest BCUT2D eigenvalue weighted by molar-refractivity contribution is 5.99. The van der Waals surface area contributed by atoms with E-state index in [0.717, 1.165) is 24.8 Å². The van der Waals surface area contributed by atoms with E-state index in [-0.39, 0.29) is 29.9 Å². The highest BCUT2D eigenvalue weighted by Crippen LogP contribution is 2.30. The average molecular weight is 543 g/mol. The highest BCUT2D eigenvalue weighted by atomic mass is 16.5. The topological polar surface area (TPSA) is 115 Å². The summed E-state index contributed by atoms with van der Waals surface area (Å²) in [5.74, 6) is 1.03. The van der Waals surface area contributed by atoms with Crippen LogP contribution >= 0.6 is 0 Å². The van der Waals surface area contributed by atoms with Gasteiger partial charge in [0.15, 0.2) is 0 Å². The van der Waals surface area contributed by atoms with E-state index in [9.17, 15) is 14.4 Å². The zero-order valence-electron chi connectivity index (χ0n) is 24.3. The van der Waals surface area contributed by atoms with E-state index >= 15 is 0 Å². The van der Waals surface area contributed by atoms with Crippen LogP contribution in [-0.4, -0.2) is 71.9 Å². The molecule has 2 aliphatic rings. The third-order valence-corrected chi connectivity index (χ3v) is 6.87. The van der Waals surface area contributed by atoms with E-state index in [4.69, 9.17) is 4.74 Å². The van der Waals surface area contributed by atoms with Crippen molar-refractivity contribution in [3.63, 3.8) is 0 Å². The van der Waals surface area contributed by atoms with Crippen LogP contribution in [-0.2, 0) is 16.1 Å². The van der Waals surface area contributed by atoms with Crippen LogP contribution in [0.5, 0.6) is 5.75 Å². The summed E-state index contributed by atoms with van der Waals surface area (Å²) in [6.07, 6.45) is 7.81. The number of carbonyl (C=O) groups is 3. The lowest BCUT2D eigenvalue weighted by atomic mass is 9.94. The Morgan fingerprint density at radius 1 is 1.15 bits per heavy atom. The zero-order valence-corrected chi connectivity index (χ0v) is 24.3. The van der Waals surface area contributed by atoms with Crippen LogP contribution < -0.4 is 20.7 Å². The Bertz CT molecular complexity index is 1030. The van der Waals surface area contributed by atoms with Crippen molar-refractivity contribution in [3.05, 3.63) is 23.8 Å². The molecule has 3 rings (SSSR count). The summed E-state index contributed by atoms with van der Waals surface area (Å²) in [5.41, 5.74) is 1.23. The second-order valence-corrected chi connectivity index (χ2v) is 11.5. The van der Waals surface area contributed by atoms with Crippen LogP contribution in [0.4, 0.5) is 10.5 Å². The van der Waals surface area contributed by atoms with Crippen molar-refractivity contribution >= 4 is 29.5 Å². The SMILES string of the molecule is CCCNC(=O)NC1=Nc2ccc(OCCCC(=O)N(C)C3CCCCC3)cc2CN1CC(=O)NC(C)(C)C. The van der Waals surface area contributed by atoms with Gasteiger partial charge >= 0.3 is 6.03 Å². The van der Waals surface area contributed by atoms with Crippen molar-refractivity contribution in [1.29, 1.82) is 0 Å². The van der Waals surface area contributed by atoms with Crippen molar-refractivity contribution in [1.82, 2.24) is 25.8 Å². The van der Waals surface area contributed by atoms with Crippen LogP contribution in [0.3, 0.4) is 0 Å². The van der Waals surface area contributed by atoms with E-state index in [1.54, 1.807) is 4.90 Å². The second kappa shape index (κ2) is 14.2. The number of benzene rings is 1. The molecule has 1 aromatic rings. The van der Waals surface area contributed by atoms with Gasteiger partial charge in [-0.15, -0.1) is 0 Å². The smallest absolute Gasteiger partial charge is 0.321 e. The van der Waals surface area contributed by atoms with Crippen molar-refractivity contribution in [3.8, 4) is 5.75 Å². The molecule has 10 heteroatoms. The van der Waals surface area contributed by atoms with Crippen LogP contribution in [0.25, 0.3) is 0 Å². The van der Waals surface area contributed by atoms with Crippen LogP contribution in [0.1, 0.15) is 84.6 Å². The van der Waals surface area contributed by atoms with E-state index in [1.165, 1.54) is 19.3 Å². The number of nitrogens with one attached hydrogen (secondary N) is 3. The summed E-state index contributed by atoms with van der Waals surface area (Å²) in [5, 5.41) is 8.54. The van der Waals surface area contributed by atoms with Gasteiger partial charge in [0, 0.05) is 43.7 Å². The first-order valence-corrected chi connectivity index (χ1v) is 14.3. The van der Waals surface area contributed by atoms with E-state index in [0.29, 0.717) is 56.0 Å². The average Bonchev–Trinajstić information content (AvgIpc) is 2.89. The maximum atomic E-state index is 12.7. The number of aliphatic imine (C=N–C) groups is 1. The third kappa shape index (κ3) is 9.75. The Kier molecular flexibility index (Phi) is 11.0. The summed E-state index contributed by atoms with van der Waals surface area (Å²) >= 11 is 0. The number of nitrogens with zero attached hydrogens (tertiary/aromatic N) is 3. The monoisotopic (exact) mass is 542 g/mol. The Labute approximate surface area is 232 Å². The first kappa shape index (κ1) is 30.2. The minimum absolute atomic E-state index is 0.0469. The molecule has 3 N–H and O–H groups in total. The second-order valence-electron chi connectivity index (χ2n) is 11.5. The molecule has 1 aliphatic carbocycles. The maximum absolute atomic E-state index is 12.7. The number of fused-ring (bicyclic) bond motifs is 1. The standard InChI is InChI=1S/C29H46N6O4/c1-6-16-30-28(38)32-27-31-24-15-14-23(18-21(24)19-35(27)20-25(36)33-29(2,3)4)39-17-10-13-26(37)34(5)22-11-8-7-9-12-22/h14-15,18,22H,6-13,16-17,19-20H2,1-5H3,(H,33,36)(H2,30,31,32,38). The van der Waals surface area contributed by atoms with Crippen LogP contribution in [0.15, 0.2) is 23.2 Å². The predicted octanol–water partition coefficient (Wildman–Crippen LogP) is 4.06. The predicted molar refractivity (Wildman–Crippen MR) is 153 cm³/mol. The normalized spacial score (nSPS) is 15.6. The van der Waals surface area contributed by atoms with Gasteiger partial charge in [-0.1, -0.05) is 26.2 Å². The minimum atomic E-state index is -0.373. The molecule has 1 saturated carbocycles. The molecule has 1 aromatic carbocycles. The van der Waals surface area contributed by atoms with Gasteiger partial charge < -0.3 is 25.2 Å². The fraction of sp³-hybridized carbons (Fsp3) is 0.655. The molecule has 1 fully saturated rings. The minimum Gasteiger partial charge on any atom is -0.494 e. The molecular formula is C29H46N6O4. The number of ether oxygens (including phenoxy) is 1. The molecule has 1 heterocycles. The molecule has 0 bridgehead atoms. The number of guanidine groups is 1. The van der Waals surface area contributed by atoms with Gasteiger partial charge in [-0.2, -0.15) is 0 Å². The lowest BCUT2D eigenvalue weighted by Gasteiger charge is -2.31. The maximum Gasteiger partial charge on any atom is 0.321 e. The van der Waals surface area contributed by atoms with Gasteiger partial charge in [0.2, 0.25) is 17.8 Å². The number of urea groups is 1. The highest BCUT2D eigenvalue weighted by Gasteiger charge is 2.26. The molecule has 0 aromatic heterocycles. The molecule has 0 radical (unpaired) electrons. The molecular weight excluding hydrogens is 496 g/mol. The molecule has 39 heavy (non-hydrogen) atoms. The molecule has 0 spiro atoms. The third-order valence-electron chi connectivity index (χ3n) is 6.87. The molecule has 10 nitrogen and oxygen atoms in total. The van der Waals surface area contributed by atoms with Gasteiger partial charge in [0.1, 0.15) is 12.3 Å². The summed E-state index contributed by atoms with van der Waals surface area (Å²) in [6.45, 7) is 9.17. The summed E-state index contributed by atoms with van der Waals surface area (Å²) in [7, 11) is 1.92. The quantitative estimate of drug-likeness (QED) is 0.386. The van der Waals surface area contributed by atoms with Crippen molar-refractivity contribution < 1.29 is 19.1 Å². The van der Waals surface area contributed by atoms with Crippen molar-refractivity contribution in [2.24, 2.45) is 4.99 Å². The van der Waals surface area contributed by atoms with Gasteiger partial charge in [-0.05, 0) is 64.7 Å². The number of carbonyl (C=O) groups excluding carboxylic acids is 3. The number of hydrogen-bond donors (Lipinski definition) is 3. The van der Waals surface area contributed by atoms with Gasteiger partial charge in [-0.3, -0.25) is 14.9 Å². The first-order chi connectivity index (χ1) is 18.6. The molecule has 216 valence electrons. The van der Waals surface area contributed by atoms with E-state index in [2.05, 4.69) is 20.9 Å². The molecule has 4 amide bonds. The Morgan fingerprint density at radius 3 is 2.59 bits per heavy atom. The van der Waals surface area contributed by atoms with Gasteiger partial charge in [0.05, 0.1) is 12.3 Å². The van der Waals surface area contributed by atoms with Crippen LogP contribution in [0.2, 0.25) is 0 Å². The van der Waals surface area contributed by atoms with Gasteiger partial charge in [-0.25, -0.2) is 9.79 Å². The fourth-order valence-electron chi connectivity index (χ4n) is 4.87. The van der Waals surface area contributed by atoms with Gasteiger partial charge in [0.25, 0.3) is 0 Å². The fourth-order valence-corrected chi connectivity index (χ4v) is 4.87. The molecule has 1 aliphatic heterocycles. The van der Waals surface area contributed by atoms with Crippen molar-refractivity contribution in [2.45, 2.75) is 97.2 Å². The number of amides is 4. The Morgan fingerprint density at radius 2 is 1.90 bits per heavy atom. The Balaban J connectivity index is 1.60. The Hall–Kier alpha value is -3.30. The lowest BCUT2D eigenvalue weighted by Crippen LogP contribution is -2.53. The largest absolute Gasteiger partial charge is 0.494 e. The summed E-state index contributed by atoms with van der Waals surface area (Å²) in [6, 6.07) is 5.62. The number of rotatable bonds is 10. The molecule has 0 saturated heterocycles. The van der Waals surface area contributed by atoms with Crippen molar-refractivity contribution in [2.75, 3.05) is 26.7 Å². The summed E-state index contributed by atoms with van der Waals surface area (Å²) in [4.78, 5) is 46.0. The number of hydrogen-bond acceptors (Lipinski definition) is 6. The lowest BCUT2D eigenvalue weighted by molar-refractivity contribution is -0.132. The van der Waals surface area contributed by atoms with E-state index < -0.39 is 0 Å². The van der Waals surface area contributed by atoms with E-state index in [1.807, 2.05) is 57.8 Å². The molecule has 0 atom stereocenters. The molecule has 0 unspecified atom stereocenters. The van der Waals surface area contributed by atoms with Crippen LogP contribution in [0, 0.1) is 0 Å². The zero-order chi connectivity index (χ0) is 28.4. The first-order valence-electron chi connectivity index (χ1n) is 14.3. The summed E-state index contributed by atoms with van der Waals surface area (Å²) < 4.78 is 5.97.